The van der Waals surface area contributed by atoms with Gasteiger partial charge >= 0.3 is 6.18 Å². The van der Waals surface area contributed by atoms with Gasteiger partial charge in [0, 0.05) is 5.92 Å². The average Bonchev–Trinajstić information content (AvgIpc) is 3.43. The normalized spacial score (nSPS) is 18.9. The van der Waals surface area contributed by atoms with E-state index in [0.29, 0.717) is 16.9 Å². The number of hydrogen-bond acceptors (Lipinski definition) is 8. The van der Waals surface area contributed by atoms with E-state index in [4.69, 9.17) is 4.74 Å². The van der Waals surface area contributed by atoms with E-state index in [9.17, 15) is 22.8 Å². The molecule has 0 aromatic carbocycles. The maximum atomic E-state index is 12.8. The second-order valence-corrected chi connectivity index (χ2v) is 6.94. The first kappa shape index (κ1) is 20.6. The van der Waals surface area contributed by atoms with Gasteiger partial charge in [-0.1, -0.05) is 0 Å². The number of ether oxygens (including phenoxy) is 1. The van der Waals surface area contributed by atoms with Crippen molar-refractivity contribution in [3.8, 4) is 5.88 Å². The summed E-state index contributed by atoms with van der Waals surface area (Å²) in [4.78, 5) is 28.3. The predicted molar refractivity (Wildman–Crippen MR) is 94.8 cm³/mol. The standard InChI is InChI=1S/C17H16F3N7O4/c1-30-16-13(25-31-26-16)15(29)21-6-10-7-27-12(23-10)3-8(5-22-27)2-9-4-11(17(18,19)20)24-14(9)28/h3,5,7,9,11H,2,4,6H2,1H3,(H,21,29)(H,24,28). The summed E-state index contributed by atoms with van der Waals surface area (Å²) < 4.78 is 49.3. The quantitative estimate of drug-likeness (QED) is 0.572. The lowest BCUT2D eigenvalue weighted by Gasteiger charge is -2.13. The van der Waals surface area contributed by atoms with Gasteiger partial charge in [0.25, 0.3) is 11.8 Å². The molecule has 1 aliphatic rings. The minimum Gasteiger partial charge on any atom is -0.477 e. The van der Waals surface area contributed by atoms with Crippen LogP contribution in [0.5, 0.6) is 5.88 Å². The zero-order chi connectivity index (χ0) is 22.2. The van der Waals surface area contributed by atoms with E-state index in [1.54, 1.807) is 12.3 Å². The maximum absolute atomic E-state index is 12.8. The first-order valence-electron chi connectivity index (χ1n) is 9.09. The minimum absolute atomic E-state index is 0.0475. The van der Waals surface area contributed by atoms with Crippen molar-refractivity contribution in [1.29, 1.82) is 0 Å². The molecule has 14 heteroatoms. The Kier molecular flexibility index (Phi) is 5.20. The fourth-order valence-electron chi connectivity index (χ4n) is 3.29. The summed E-state index contributed by atoms with van der Waals surface area (Å²) in [5, 5.41) is 15.6. The molecule has 0 aliphatic carbocycles. The number of rotatable bonds is 6. The summed E-state index contributed by atoms with van der Waals surface area (Å²) in [6.45, 7) is 0.0475. The number of alkyl halides is 3. The molecule has 4 heterocycles. The lowest BCUT2D eigenvalue weighted by atomic mass is 9.97. The molecule has 3 aromatic heterocycles. The fraction of sp³-hybridized carbons (Fsp3) is 0.412. The molecule has 1 saturated heterocycles. The second-order valence-electron chi connectivity index (χ2n) is 6.94. The van der Waals surface area contributed by atoms with E-state index < -0.39 is 30.0 Å². The number of carbonyl (C=O) groups excluding carboxylic acids is 2. The lowest BCUT2D eigenvalue weighted by molar-refractivity contribution is -0.154. The molecule has 0 radical (unpaired) electrons. The number of aromatic nitrogens is 5. The monoisotopic (exact) mass is 439 g/mol. The number of nitrogens with zero attached hydrogens (tertiary/aromatic N) is 5. The van der Waals surface area contributed by atoms with Crippen molar-refractivity contribution >= 4 is 17.5 Å². The highest BCUT2D eigenvalue weighted by molar-refractivity contribution is 5.94. The number of carbonyl (C=O) groups is 2. The van der Waals surface area contributed by atoms with Crippen molar-refractivity contribution in [2.24, 2.45) is 5.92 Å². The Bertz CT molecular complexity index is 1130. The third-order valence-electron chi connectivity index (χ3n) is 4.81. The molecule has 11 nitrogen and oxygen atoms in total. The smallest absolute Gasteiger partial charge is 0.408 e. The Morgan fingerprint density at radius 3 is 2.94 bits per heavy atom. The zero-order valence-corrected chi connectivity index (χ0v) is 16.0. The van der Waals surface area contributed by atoms with Crippen LogP contribution in [0.1, 0.15) is 28.2 Å². The van der Waals surface area contributed by atoms with Gasteiger partial charge in [-0.3, -0.25) is 9.59 Å². The van der Waals surface area contributed by atoms with Crippen LogP contribution >= 0.6 is 0 Å². The summed E-state index contributed by atoms with van der Waals surface area (Å²) in [7, 11) is 1.32. The molecule has 2 unspecified atom stereocenters. The molecule has 0 spiro atoms. The van der Waals surface area contributed by atoms with Gasteiger partial charge in [-0.25, -0.2) is 14.1 Å². The van der Waals surface area contributed by atoms with Gasteiger partial charge in [0.05, 0.1) is 31.7 Å². The van der Waals surface area contributed by atoms with Crippen molar-refractivity contribution in [2.45, 2.75) is 31.6 Å². The summed E-state index contributed by atoms with van der Waals surface area (Å²) >= 11 is 0. The fourth-order valence-corrected chi connectivity index (χ4v) is 3.29. The molecule has 0 bridgehead atoms. The van der Waals surface area contributed by atoms with E-state index in [1.807, 2.05) is 5.32 Å². The van der Waals surface area contributed by atoms with Crippen LogP contribution < -0.4 is 15.4 Å². The third-order valence-corrected chi connectivity index (χ3v) is 4.81. The largest absolute Gasteiger partial charge is 0.477 e. The summed E-state index contributed by atoms with van der Waals surface area (Å²) in [6.07, 6.45) is -1.63. The minimum atomic E-state index is -4.47. The SMILES string of the molecule is COc1nonc1C(=O)NCc1cn2ncc(CC3CC(C(F)(F)F)NC3=O)cc2n1. The van der Waals surface area contributed by atoms with Gasteiger partial charge < -0.3 is 15.4 Å². The Labute approximate surface area is 171 Å². The number of imidazole rings is 1. The molecule has 2 N–H and O–H groups in total. The molecule has 3 aromatic rings. The van der Waals surface area contributed by atoms with Gasteiger partial charge in [-0.2, -0.15) is 18.3 Å². The number of hydrogen-bond donors (Lipinski definition) is 2. The first-order chi connectivity index (χ1) is 14.7. The topological polar surface area (TPSA) is 137 Å². The van der Waals surface area contributed by atoms with Crippen molar-refractivity contribution in [3.05, 3.63) is 35.4 Å². The van der Waals surface area contributed by atoms with Gasteiger partial charge in [0.15, 0.2) is 5.65 Å². The van der Waals surface area contributed by atoms with E-state index in [0.717, 1.165) is 0 Å². The molecule has 1 aliphatic heterocycles. The summed E-state index contributed by atoms with van der Waals surface area (Å²) in [5.74, 6) is -2.06. The van der Waals surface area contributed by atoms with Crippen molar-refractivity contribution in [1.82, 2.24) is 35.5 Å². The molecule has 164 valence electrons. The molecule has 4 rings (SSSR count). The van der Waals surface area contributed by atoms with Gasteiger partial charge in [-0.15, -0.1) is 0 Å². The number of nitrogens with one attached hydrogen (secondary N) is 2. The van der Waals surface area contributed by atoms with E-state index in [2.05, 4.69) is 30.3 Å². The molecule has 31 heavy (non-hydrogen) atoms. The molecule has 0 saturated carbocycles. The van der Waals surface area contributed by atoms with E-state index in [-0.39, 0.29) is 31.0 Å². The highest BCUT2D eigenvalue weighted by Gasteiger charge is 2.47. The third kappa shape index (κ3) is 4.27. The molecular formula is C17H16F3N7O4. The Morgan fingerprint density at radius 2 is 2.23 bits per heavy atom. The highest BCUT2D eigenvalue weighted by atomic mass is 19.4. The van der Waals surface area contributed by atoms with Crippen LogP contribution in [0, 0.1) is 5.92 Å². The second kappa shape index (κ2) is 7.85. The number of methoxy groups -OCH3 is 1. The van der Waals surface area contributed by atoms with E-state index in [1.165, 1.54) is 17.8 Å². The highest BCUT2D eigenvalue weighted by Crippen LogP contribution is 2.31. The lowest BCUT2D eigenvalue weighted by Crippen LogP contribution is -2.38. The van der Waals surface area contributed by atoms with Crippen molar-refractivity contribution < 1.29 is 32.1 Å². The first-order valence-corrected chi connectivity index (χ1v) is 9.09. The molecule has 1 fully saturated rings. The average molecular weight is 439 g/mol. The molecule has 2 amide bonds. The van der Waals surface area contributed by atoms with Crippen LogP contribution in [-0.2, 0) is 17.8 Å². The Hall–Kier alpha value is -3.71. The van der Waals surface area contributed by atoms with Gasteiger partial charge in [0.2, 0.25) is 11.6 Å². The van der Waals surface area contributed by atoms with Crippen LogP contribution in [0.4, 0.5) is 13.2 Å². The van der Waals surface area contributed by atoms with Crippen LogP contribution in [-0.4, -0.2) is 56.1 Å². The van der Waals surface area contributed by atoms with Crippen LogP contribution in [0.3, 0.4) is 0 Å². The van der Waals surface area contributed by atoms with Gasteiger partial charge in [-0.05, 0) is 34.8 Å². The molecular weight excluding hydrogens is 423 g/mol. The molecule has 2 atom stereocenters. The van der Waals surface area contributed by atoms with Gasteiger partial charge in [0.1, 0.15) is 6.04 Å². The number of halogens is 3. The summed E-state index contributed by atoms with van der Waals surface area (Å²) in [6, 6.07) is -0.196. The predicted octanol–water partition coefficient (Wildman–Crippen LogP) is 0.660. The number of amides is 2. The van der Waals surface area contributed by atoms with E-state index >= 15 is 0 Å². The summed E-state index contributed by atoms with van der Waals surface area (Å²) in [5.41, 5.74) is 1.37. The van der Waals surface area contributed by atoms with Crippen LogP contribution in [0.2, 0.25) is 0 Å². The van der Waals surface area contributed by atoms with Crippen molar-refractivity contribution in [2.75, 3.05) is 7.11 Å². The Balaban J connectivity index is 1.41. The van der Waals surface area contributed by atoms with Crippen molar-refractivity contribution in [3.63, 3.8) is 0 Å². The maximum Gasteiger partial charge on any atom is 0.408 e. The van der Waals surface area contributed by atoms with Crippen LogP contribution in [0.25, 0.3) is 5.65 Å². The zero-order valence-electron chi connectivity index (χ0n) is 16.0. The van der Waals surface area contributed by atoms with Crippen LogP contribution in [0.15, 0.2) is 23.1 Å². The number of fused-ring (bicyclic) bond motifs is 1. The Morgan fingerprint density at radius 1 is 1.42 bits per heavy atom.